The van der Waals surface area contributed by atoms with E-state index in [4.69, 9.17) is 4.52 Å². The molecule has 9 heteroatoms. The number of nitrogens with zero attached hydrogens (tertiary/aromatic N) is 3. The molecule has 1 fully saturated rings. The molecule has 0 spiro atoms. The van der Waals surface area contributed by atoms with Crippen molar-refractivity contribution in [2.24, 2.45) is 0 Å². The Balaban J connectivity index is 1.57. The van der Waals surface area contributed by atoms with E-state index in [-0.39, 0.29) is 36.6 Å². The number of hydrogen-bond acceptors (Lipinski definition) is 6. The number of nitrogens with one attached hydrogen (secondary N) is 2. The fourth-order valence-corrected chi connectivity index (χ4v) is 4.30. The average molecular weight is 476 g/mol. The summed E-state index contributed by atoms with van der Waals surface area (Å²) in [7, 11) is 0. The molecule has 3 amide bonds. The molecule has 1 atom stereocenters. The van der Waals surface area contributed by atoms with E-state index in [9.17, 15) is 14.4 Å². The van der Waals surface area contributed by atoms with E-state index >= 15 is 0 Å². The van der Waals surface area contributed by atoms with Crippen LogP contribution in [0, 0.1) is 6.92 Å². The molecule has 0 aliphatic heterocycles. The van der Waals surface area contributed by atoms with Crippen LogP contribution in [0.3, 0.4) is 0 Å². The van der Waals surface area contributed by atoms with Crippen LogP contribution in [-0.2, 0) is 14.4 Å². The average Bonchev–Trinajstić information content (AvgIpc) is 3.53. The third-order valence-electron chi connectivity index (χ3n) is 5.97. The minimum Gasteiger partial charge on any atom is -0.360 e. The van der Waals surface area contributed by atoms with Crippen molar-refractivity contribution in [3.05, 3.63) is 72.2 Å². The van der Waals surface area contributed by atoms with Gasteiger partial charge in [0.25, 0.3) is 0 Å². The molecule has 0 radical (unpaired) electrons. The third-order valence-corrected chi connectivity index (χ3v) is 5.97. The lowest BCUT2D eigenvalue weighted by atomic mass is 10.0. The quantitative estimate of drug-likeness (QED) is 0.484. The third kappa shape index (κ3) is 6.32. The summed E-state index contributed by atoms with van der Waals surface area (Å²) in [5, 5.41) is 9.49. The first-order chi connectivity index (χ1) is 17.0. The van der Waals surface area contributed by atoms with Crippen molar-refractivity contribution in [3.8, 4) is 0 Å². The molecule has 1 saturated carbocycles. The summed E-state index contributed by atoms with van der Waals surface area (Å²) in [6.45, 7) is 1.72. The molecule has 1 unspecified atom stereocenters. The first-order valence-electron chi connectivity index (χ1n) is 11.8. The minimum atomic E-state index is -0.916. The topological polar surface area (TPSA) is 117 Å². The summed E-state index contributed by atoms with van der Waals surface area (Å²) >= 11 is 0. The van der Waals surface area contributed by atoms with Gasteiger partial charge in [-0.3, -0.25) is 24.3 Å². The molecule has 35 heavy (non-hydrogen) atoms. The summed E-state index contributed by atoms with van der Waals surface area (Å²) in [5.41, 5.74) is 1.17. The highest BCUT2D eigenvalue weighted by atomic mass is 16.5. The lowest BCUT2D eigenvalue weighted by molar-refractivity contribution is -0.127. The zero-order valence-corrected chi connectivity index (χ0v) is 19.6. The number of rotatable bonds is 9. The Morgan fingerprint density at radius 2 is 1.86 bits per heavy atom. The number of anilines is 2. The van der Waals surface area contributed by atoms with Gasteiger partial charge in [-0.05, 0) is 38.0 Å². The summed E-state index contributed by atoms with van der Waals surface area (Å²) in [6, 6.07) is 13.3. The maximum Gasteiger partial charge on any atom is 0.248 e. The van der Waals surface area contributed by atoms with E-state index in [1.54, 1.807) is 49.6 Å². The van der Waals surface area contributed by atoms with Crippen LogP contribution in [0.15, 0.2) is 65.4 Å². The Hall–Kier alpha value is -4.01. The number of carbonyl (C=O) groups excluding carboxylic acids is 3. The number of para-hydroxylation sites is 1. The van der Waals surface area contributed by atoms with Gasteiger partial charge in [0.15, 0.2) is 5.82 Å². The monoisotopic (exact) mass is 475 g/mol. The van der Waals surface area contributed by atoms with Crippen LogP contribution in [0.5, 0.6) is 0 Å². The van der Waals surface area contributed by atoms with Gasteiger partial charge in [0.05, 0.1) is 0 Å². The standard InChI is InChI=1S/C26H29N5O4/c1-18-16-22(30-35-18)29-23(32)13-14-24(33)31(21-11-3-2-4-12-21)25(19-8-7-15-27-17-19)26(34)28-20-9-5-6-10-20/h2-4,7-8,11-12,15-17,20,25H,5-6,9-10,13-14H2,1H3,(H,28,34)(H,29,30,32). The van der Waals surface area contributed by atoms with Crippen LogP contribution >= 0.6 is 0 Å². The fourth-order valence-electron chi connectivity index (χ4n) is 4.30. The molecule has 2 heterocycles. The highest BCUT2D eigenvalue weighted by molar-refractivity contribution is 6.03. The van der Waals surface area contributed by atoms with Crippen LogP contribution in [0.4, 0.5) is 11.5 Å². The lowest BCUT2D eigenvalue weighted by Gasteiger charge is -2.32. The summed E-state index contributed by atoms with van der Waals surface area (Å²) in [4.78, 5) is 45.2. The van der Waals surface area contributed by atoms with E-state index in [1.165, 1.54) is 4.90 Å². The van der Waals surface area contributed by atoms with Gasteiger partial charge in [-0.2, -0.15) is 0 Å². The second-order valence-electron chi connectivity index (χ2n) is 8.65. The van der Waals surface area contributed by atoms with Crippen LogP contribution in [0.2, 0.25) is 0 Å². The molecular formula is C26H29N5O4. The predicted molar refractivity (Wildman–Crippen MR) is 130 cm³/mol. The van der Waals surface area contributed by atoms with Gasteiger partial charge in [-0.25, -0.2) is 0 Å². The Bertz CT molecular complexity index is 1140. The highest BCUT2D eigenvalue weighted by Gasteiger charge is 2.34. The number of pyridine rings is 1. The Labute approximate surface area is 203 Å². The molecule has 182 valence electrons. The molecule has 9 nitrogen and oxygen atoms in total. The summed E-state index contributed by atoms with van der Waals surface area (Å²) in [6.07, 6.45) is 7.05. The van der Waals surface area contributed by atoms with E-state index in [0.717, 1.165) is 25.7 Å². The van der Waals surface area contributed by atoms with Crippen LogP contribution in [0.1, 0.15) is 55.9 Å². The summed E-state index contributed by atoms with van der Waals surface area (Å²) in [5.74, 6) is -0.112. The normalized spacial score (nSPS) is 14.3. The van der Waals surface area contributed by atoms with Gasteiger partial charge in [-0.1, -0.05) is 42.3 Å². The van der Waals surface area contributed by atoms with Crippen LogP contribution in [-0.4, -0.2) is 33.9 Å². The zero-order chi connectivity index (χ0) is 24.6. The van der Waals surface area contributed by atoms with E-state index in [0.29, 0.717) is 22.8 Å². The number of amides is 3. The molecule has 1 aliphatic carbocycles. The van der Waals surface area contributed by atoms with Gasteiger partial charge >= 0.3 is 0 Å². The molecule has 3 aromatic rings. The second-order valence-corrected chi connectivity index (χ2v) is 8.65. The molecule has 0 bridgehead atoms. The maximum atomic E-state index is 13.6. The highest BCUT2D eigenvalue weighted by Crippen LogP contribution is 2.29. The fraction of sp³-hybridized carbons (Fsp3) is 0.346. The van der Waals surface area contributed by atoms with Crippen molar-refractivity contribution in [1.29, 1.82) is 0 Å². The number of hydrogen-bond donors (Lipinski definition) is 2. The zero-order valence-electron chi connectivity index (χ0n) is 19.6. The second kappa shape index (κ2) is 11.4. The number of carbonyl (C=O) groups is 3. The molecular weight excluding hydrogens is 446 g/mol. The van der Waals surface area contributed by atoms with Gasteiger partial charge < -0.3 is 15.2 Å². The van der Waals surface area contributed by atoms with Crippen molar-refractivity contribution in [2.45, 2.75) is 57.5 Å². The number of aryl methyl sites for hydroxylation is 1. The maximum absolute atomic E-state index is 13.6. The van der Waals surface area contributed by atoms with Crippen molar-refractivity contribution in [3.63, 3.8) is 0 Å². The molecule has 0 saturated heterocycles. The molecule has 2 aromatic heterocycles. The van der Waals surface area contributed by atoms with Crippen molar-refractivity contribution >= 4 is 29.2 Å². The Morgan fingerprint density at radius 3 is 2.51 bits per heavy atom. The van der Waals surface area contributed by atoms with Crippen LogP contribution in [0.25, 0.3) is 0 Å². The molecule has 2 N–H and O–H groups in total. The summed E-state index contributed by atoms with van der Waals surface area (Å²) < 4.78 is 4.96. The Kier molecular flexibility index (Phi) is 7.87. The van der Waals surface area contributed by atoms with Gasteiger partial charge in [0.2, 0.25) is 17.7 Å². The van der Waals surface area contributed by atoms with Gasteiger partial charge in [-0.15, -0.1) is 0 Å². The minimum absolute atomic E-state index is 0.0714. The van der Waals surface area contributed by atoms with Crippen molar-refractivity contribution in [2.75, 3.05) is 10.2 Å². The first kappa shape index (κ1) is 24.1. The van der Waals surface area contributed by atoms with Crippen molar-refractivity contribution < 1.29 is 18.9 Å². The number of benzene rings is 1. The molecule has 1 aliphatic rings. The van der Waals surface area contributed by atoms with E-state index in [1.807, 2.05) is 18.2 Å². The lowest BCUT2D eigenvalue weighted by Crippen LogP contribution is -2.46. The van der Waals surface area contributed by atoms with E-state index in [2.05, 4.69) is 20.8 Å². The molecule has 4 rings (SSSR count). The van der Waals surface area contributed by atoms with Crippen molar-refractivity contribution in [1.82, 2.24) is 15.5 Å². The molecule has 1 aromatic carbocycles. The predicted octanol–water partition coefficient (Wildman–Crippen LogP) is 3.93. The van der Waals surface area contributed by atoms with Crippen LogP contribution < -0.4 is 15.5 Å². The van der Waals surface area contributed by atoms with Gasteiger partial charge in [0, 0.05) is 48.6 Å². The Morgan fingerprint density at radius 1 is 1.09 bits per heavy atom. The first-order valence-corrected chi connectivity index (χ1v) is 11.8. The van der Waals surface area contributed by atoms with Gasteiger partial charge in [0.1, 0.15) is 11.8 Å². The SMILES string of the molecule is Cc1cc(NC(=O)CCC(=O)N(c2ccccc2)C(C(=O)NC2CCCC2)c2cccnc2)no1. The number of aromatic nitrogens is 2. The smallest absolute Gasteiger partial charge is 0.248 e. The van der Waals surface area contributed by atoms with E-state index < -0.39 is 6.04 Å². The largest absolute Gasteiger partial charge is 0.360 e.